The molecule has 0 aliphatic rings. The summed E-state index contributed by atoms with van der Waals surface area (Å²) >= 11 is 0. The molecule has 0 radical (unpaired) electrons. The fourth-order valence-corrected chi connectivity index (χ4v) is 3.75. The molecule has 2 N–H and O–H groups in total. The number of rotatable bonds is 10. The van der Waals surface area contributed by atoms with Gasteiger partial charge in [0.25, 0.3) is 0 Å². The van der Waals surface area contributed by atoms with Crippen LogP contribution in [0.2, 0.25) is 0 Å². The van der Waals surface area contributed by atoms with Crippen molar-refractivity contribution in [3.63, 3.8) is 0 Å². The highest BCUT2D eigenvalue weighted by molar-refractivity contribution is 5.91. The standard InChI is InChI=1S/C25H26N4O4/c1-32-21-11-10-18(23(15-21)33-2)12-13-26-16-20-9-6-14-28(20)24-22(25(30)31)17-27-29(24)19-7-4-3-5-8-19/h3-11,14-15,17,26H,12-13,16H2,1-2H3,(H,30,31). The second kappa shape index (κ2) is 10.1. The number of carbonyl (C=O) groups is 1. The Labute approximate surface area is 192 Å². The number of nitrogens with one attached hydrogen (secondary N) is 1. The van der Waals surface area contributed by atoms with E-state index in [1.807, 2.05) is 71.4 Å². The molecule has 0 saturated carbocycles. The van der Waals surface area contributed by atoms with Crippen molar-refractivity contribution in [3.05, 3.63) is 89.9 Å². The minimum Gasteiger partial charge on any atom is -0.497 e. The van der Waals surface area contributed by atoms with Crippen molar-refractivity contribution >= 4 is 5.97 Å². The van der Waals surface area contributed by atoms with E-state index in [1.54, 1.807) is 18.9 Å². The Morgan fingerprint density at radius 1 is 1.06 bits per heavy atom. The number of carboxylic acids is 1. The van der Waals surface area contributed by atoms with Gasteiger partial charge in [-0.25, -0.2) is 9.48 Å². The highest BCUT2D eigenvalue weighted by Gasteiger charge is 2.21. The van der Waals surface area contributed by atoms with Crippen LogP contribution in [0.5, 0.6) is 11.5 Å². The third-order valence-corrected chi connectivity index (χ3v) is 5.41. The van der Waals surface area contributed by atoms with Crippen molar-refractivity contribution in [2.45, 2.75) is 13.0 Å². The van der Waals surface area contributed by atoms with E-state index < -0.39 is 5.97 Å². The quantitative estimate of drug-likeness (QED) is 0.361. The number of para-hydroxylation sites is 1. The average Bonchev–Trinajstić information content (AvgIpc) is 3.49. The third-order valence-electron chi connectivity index (χ3n) is 5.41. The topological polar surface area (TPSA) is 90.5 Å². The van der Waals surface area contributed by atoms with Crippen LogP contribution in [0, 0.1) is 0 Å². The Bertz CT molecular complexity index is 1230. The van der Waals surface area contributed by atoms with Gasteiger partial charge in [0.15, 0.2) is 5.82 Å². The Morgan fingerprint density at radius 2 is 1.88 bits per heavy atom. The summed E-state index contributed by atoms with van der Waals surface area (Å²) in [7, 11) is 3.28. The number of hydrogen-bond donors (Lipinski definition) is 2. The van der Waals surface area contributed by atoms with Gasteiger partial charge in [0.1, 0.15) is 17.1 Å². The second-order valence-corrected chi connectivity index (χ2v) is 7.41. The first-order valence-corrected chi connectivity index (χ1v) is 10.6. The Balaban J connectivity index is 1.52. The lowest BCUT2D eigenvalue weighted by Crippen LogP contribution is -2.20. The lowest BCUT2D eigenvalue weighted by Gasteiger charge is -2.14. The summed E-state index contributed by atoms with van der Waals surface area (Å²) in [4.78, 5) is 11.9. The SMILES string of the molecule is COc1ccc(CCNCc2cccn2-c2c(C(=O)O)cnn2-c2ccccc2)c(OC)c1. The Kier molecular flexibility index (Phi) is 6.75. The number of ether oxygens (including phenoxy) is 2. The number of methoxy groups -OCH3 is 2. The first-order chi connectivity index (χ1) is 16.1. The monoisotopic (exact) mass is 446 g/mol. The minimum absolute atomic E-state index is 0.138. The first-order valence-electron chi connectivity index (χ1n) is 10.6. The maximum Gasteiger partial charge on any atom is 0.341 e. The van der Waals surface area contributed by atoms with Crippen molar-refractivity contribution in [1.82, 2.24) is 19.7 Å². The number of hydrogen-bond acceptors (Lipinski definition) is 5. The van der Waals surface area contributed by atoms with Gasteiger partial charge >= 0.3 is 5.97 Å². The summed E-state index contributed by atoms with van der Waals surface area (Å²) < 4.78 is 14.2. The summed E-state index contributed by atoms with van der Waals surface area (Å²) in [6.07, 6.45) is 4.01. The van der Waals surface area contributed by atoms with Gasteiger partial charge in [-0.3, -0.25) is 0 Å². The average molecular weight is 447 g/mol. The van der Waals surface area contributed by atoms with Gasteiger partial charge in [-0.1, -0.05) is 24.3 Å². The van der Waals surface area contributed by atoms with Crippen LogP contribution < -0.4 is 14.8 Å². The lowest BCUT2D eigenvalue weighted by molar-refractivity contribution is 0.0697. The van der Waals surface area contributed by atoms with E-state index in [0.29, 0.717) is 12.4 Å². The van der Waals surface area contributed by atoms with Crippen LogP contribution in [0.25, 0.3) is 11.5 Å². The van der Waals surface area contributed by atoms with E-state index in [0.717, 1.165) is 41.4 Å². The number of carboxylic acid groups (broad SMARTS) is 1. The van der Waals surface area contributed by atoms with Crippen molar-refractivity contribution in [2.75, 3.05) is 20.8 Å². The summed E-state index contributed by atoms with van der Waals surface area (Å²) in [6, 6.07) is 19.1. The van der Waals surface area contributed by atoms with Crippen LogP contribution >= 0.6 is 0 Å². The highest BCUT2D eigenvalue weighted by atomic mass is 16.5. The molecule has 0 aliphatic carbocycles. The van der Waals surface area contributed by atoms with E-state index in [9.17, 15) is 9.90 Å². The van der Waals surface area contributed by atoms with E-state index >= 15 is 0 Å². The molecule has 0 aliphatic heterocycles. The van der Waals surface area contributed by atoms with Gasteiger partial charge in [-0.2, -0.15) is 5.10 Å². The van der Waals surface area contributed by atoms with E-state index in [4.69, 9.17) is 9.47 Å². The first kappa shape index (κ1) is 22.2. The number of nitrogens with zero attached hydrogens (tertiary/aromatic N) is 3. The van der Waals surface area contributed by atoms with Crippen LogP contribution in [0.3, 0.4) is 0 Å². The molecule has 0 spiro atoms. The van der Waals surface area contributed by atoms with Crippen LogP contribution in [0.15, 0.2) is 73.1 Å². The predicted octanol–water partition coefficient (Wildman–Crippen LogP) is 3.71. The van der Waals surface area contributed by atoms with Gasteiger partial charge in [0.2, 0.25) is 0 Å². The Hall–Kier alpha value is -4.04. The number of benzene rings is 2. The van der Waals surface area contributed by atoms with Crippen molar-refractivity contribution in [3.8, 4) is 23.0 Å². The molecule has 4 rings (SSSR count). The summed E-state index contributed by atoms with van der Waals surface area (Å²) in [5, 5.41) is 17.5. The molecular formula is C25H26N4O4. The van der Waals surface area contributed by atoms with Crippen LogP contribution in [0.1, 0.15) is 21.6 Å². The van der Waals surface area contributed by atoms with Crippen LogP contribution in [-0.4, -0.2) is 46.2 Å². The molecule has 2 aromatic carbocycles. The maximum absolute atomic E-state index is 11.9. The van der Waals surface area contributed by atoms with E-state index in [-0.39, 0.29) is 5.56 Å². The molecular weight excluding hydrogens is 420 g/mol. The van der Waals surface area contributed by atoms with Crippen molar-refractivity contribution in [1.29, 1.82) is 0 Å². The minimum atomic E-state index is -1.02. The molecule has 33 heavy (non-hydrogen) atoms. The second-order valence-electron chi connectivity index (χ2n) is 7.41. The molecule has 2 aromatic heterocycles. The molecule has 8 nitrogen and oxygen atoms in total. The Morgan fingerprint density at radius 3 is 2.61 bits per heavy atom. The van der Waals surface area contributed by atoms with E-state index in [1.165, 1.54) is 6.20 Å². The van der Waals surface area contributed by atoms with Crippen molar-refractivity contribution < 1.29 is 19.4 Å². The zero-order valence-corrected chi connectivity index (χ0v) is 18.6. The zero-order valence-electron chi connectivity index (χ0n) is 18.6. The zero-order chi connectivity index (χ0) is 23.2. The van der Waals surface area contributed by atoms with Gasteiger partial charge in [-0.15, -0.1) is 0 Å². The molecule has 8 heteroatoms. The number of aromatic nitrogens is 3. The summed E-state index contributed by atoms with van der Waals surface area (Å²) in [5.74, 6) is 1.02. The smallest absolute Gasteiger partial charge is 0.341 e. The normalized spacial score (nSPS) is 10.8. The van der Waals surface area contributed by atoms with Gasteiger partial charge < -0.3 is 24.5 Å². The molecule has 0 saturated heterocycles. The highest BCUT2D eigenvalue weighted by Crippen LogP contribution is 2.25. The third kappa shape index (κ3) is 4.75. The molecule has 0 fully saturated rings. The number of aromatic carboxylic acids is 1. The summed E-state index contributed by atoms with van der Waals surface area (Å²) in [6.45, 7) is 1.28. The molecule has 0 bridgehead atoms. The molecule has 170 valence electrons. The van der Waals surface area contributed by atoms with Gasteiger partial charge in [0.05, 0.1) is 26.1 Å². The van der Waals surface area contributed by atoms with Crippen LogP contribution in [0.4, 0.5) is 0 Å². The van der Waals surface area contributed by atoms with Gasteiger partial charge in [-0.05, 0) is 48.9 Å². The molecule has 2 heterocycles. The fourth-order valence-electron chi connectivity index (χ4n) is 3.75. The molecule has 0 unspecified atom stereocenters. The molecule has 0 amide bonds. The molecule has 4 aromatic rings. The lowest BCUT2D eigenvalue weighted by atomic mass is 10.1. The van der Waals surface area contributed by atoms with Crippen molar-refractivity contribution in [2.24, 2.45) is 0 Å². The van der Waals surface area contributed by atoms with Gasteiger partial charge in [0, 0.05) is 24.5 Å². The maximum atomic E-state index is 11.9. The van der Waals surface area contributed by atoms with E-state index in [2.05, 4.69) is 10.4 Å². The van der Waals surface area contributed by atoms with Crippen LogP contribution in [-0.2, 0) is 13.0 Å². The molecule has 0 atom stereocenters. The predicted molar refractivity (Wildman–Crippen MR) is 125 cm³/mol. The fraction of sp³-hybridized carbons (Fsp3) is 0.200. The summed E-state index contributed by atoms with van der Waals surface area (Å²) in [5.41, 5.74) is 2.94. The largest absolute Gasteiger partial charge is 0.497 e.